The third-order valence-electron chi connectivity index (χ3n) is 9.91. The number of halogens is 1. The van der Waals surface area contributed by atoms with Gasteiger partial charge in [-0.1, -0.05) is 86.1 Å². The number of hydrogen-bond acceptors (Lipinski definition) is 5. The van der Waals surface area contributed by atoms with Gasteiger partial charge in [0.2, 0.25) is 10.0 Å². The number of fused-ring (bicyclic) bond motifs is 1. The second-order valence-electron chi connectivity index (χ2n) is 13.6. The number of nitrogens with zero attached hydrogens (tertiary/aromatic N) is 2. The maximum Gasteiger partial charge on any atom is 0.335 e. The Bertz CT molecular complexity index is 1990. The van der Waals surface area contributed by atoms with Crippen molar-refractivity contribution >= 4 is 38.5 Å². The molecule has 1 aromatic heterocycles. The summed E-state index contributed by atoms with van der Waals surface area (Å²) in [5, 5.41) is 10.9. The molecule has 0 spiro atoms. The largest absolute Gasteiger partial charge is 0.493 e. The van der Waals surface area contributed by atoms with Gasteiger partial charge >= 0.3 is 5.97 Å². The van der Waals surface area contributed by atoms with E-state index in [9.17, 15) is 18.3 Å². The van der Waals surface area contributed by atoms with Crippen LogP contribution >= 0.6 is 11.6 Å². The van der Waals surface area contributed by atoms with Gasteiger partial charge in [-0.05, 0) is 84.5 Å². The highest BCUT2D eigenvalue weighted by Crippen LogP contribution is 2.38. The molecule has 10 heteroatoms. The number of likely N-dealkylation sites (tertiary alicyclic amines) is 1. The molecule has 1 saturated heterocycles. The minimum absolute atomic E-state index is 0.0623. The van der Waals surface area contributed by atoms with Crippen molar-refractivity contribution in [2.24, 2.45) is 5.92 Å². The molecule has 1 aliphatic heterocycles. The van der Waals surface area contributed by atoms with E-state index in [-0.39, 0.29) is 23.9 Å². The van der Waals surface area contributed by atoms with E-state index >= 15 is 0 Å². The summed E-state index contributed by atoms with van der Waals surface area (Å²) < 4.78 is 38.2. The topological polar surface area (TPSA) is 101 Å². The number of carboxylic acids is 1. The molecule has 1 atom stereocenters. The zero-order valence-corrected chi connectivity index (χ0v) is 30.7. The summed E-state index contributed by atoms with van der Waals surface area (Å²) in [5.41, 5.74) is 5.41. The number of nitrogens with one attached hydrogen (secondary N) is 1. The Morgan fingerprint density at radius 2 is 1.61 bits per heavy atom. The molecule has 8 nitrogen and oxygen atoms in total. The molecular formula is C41H46ClN3O5S. The number of carboxylic acid groups (broad SMARTS) is 1. The molecule has 2 N–H and O–H groups in total. The van der Waals surface area contributed by atoms with E-state index in [2.05, 4.69) is 52.3 Å². The van der Waals surface area contributed by atoms with Crippen LogP contribution in [0, 0.1) is 5.92 Å². The number of carbonyl (C=O) groups is 1. The molecule has 1 aliphatic rings. The standard InChI is InChI=1S/C41H46ClN3O5S/c1-29(2)37-14-9-24-44(37)25-27-51(48,49)43-23-21-39-35(22-26-50-34-18-15-32(16-19-34)41(46)47)36-28-33(42)17-20-38(36)45(39)40(30-10-5-3-6-11-30)31-12-7-4-8-13-31/h3-8,10-13,15-20,28-29,37,40,43H,9,14,21-27H2,1-2H3,(H,46,47). The van der Waals surface area contributed by atoms with Crippen LogP contribution in [0.3, 0.4) is 0 Å². The molecule has 51 heavy (non-hydrogen) atoms. The third-order valence-corrected chi connectivity index (χ3v) is 11.5. The van der Waals surface area contributed by atoms with Crippen LogP contribution < -0.4 is 9.46 Å². The number of aromatic carboxylic acids is 1. The number of benzene rings is 4. The minimum Gasteiger partial charge on any atom is -0.493 e. The summed E-state index contributed by atoms with van der Waals surface area (Å²) in [6, 6.07) is 33.2. The van der Waals surface area contributed by atoms with Gasteiger partial charge in [-0.3, -0.25) is 4.90 Å². The third kappa shape index (κ3) is 8.84. The Morgan fingerprint density at radius 3 is 2.24 bits per heavy atom. The van der Waals surface area contributed by atoms with Crippen molar-refractivity contribution in [2.75, 3.05) is 32.0 Å². The summed E-state index contributed by atoms with van der Waals surface area (Å²) in [6.45, 7) is 6.44. The second-order valence-corrected chi connectivity index (χ2v) is 15.9. The number of ether oxygens (including phenoxy) is 1. The van der Waals surface area contributed by atoms with Gasteiger partial charge in [-0.15, -0.1) is 0 Å². The predicted molar refractivity (Wildman–Crippen MR) is 205 cm³/mol. The molecule has 2 heterocycles. The normalized spacial score (nSPS) is 15.3. The van der Waals surface area contributed by atoms with Crippen molar-refractivity contribution in [3.05, 3.63) is 136 Å². The van der Waals surface area contributed by atoms with E-state index in [0.29, 0.717) is 48.7 Å². The van der Waals surface area contributed by atoms with E-state index < -0.39 is 16.0 Å². The van der Waals surface area contributed by atoms with Gasteiger partial charge < -0.3 is 14.4 Å². The predicted octanol–water partition coefficient (Wildman–Crippen LogP) is 7.83. The maximum atomic E-state index is 13.4. The van der Waals surface area contributed by atoms with Crippen molar-refractivity contribution in [1.29, 1.82) is 0 Å². The van der Waals surface area contributed by atoms with E-state index in [1.54, 1.807) is 12.1 Å². The fraction of sp³-hybridized carbons (Fsp3) is 0.341. The molecule has 0 saturated carbocycles. The molecule has 1 unspecified atom stereocenters. The first-order valence-electron chi connectivity index (χ1n) is 17.7. The van der Waals surface area contributed by atoms with Gasteiger partial charge in [-0.2, -0.15) is 0 Å². The zero-order valence-electron chi connectivity index (χ0n) is 29.2. The minimum atomic E-state index is -3.53. The molecule has 5 aromatic rings. The fourth-order valence-electron chi connectivity index (χ4n) is 7.50. The molecule has 0 radical (unpaired) electrons. The molecular weight excluding hydrogens is 682 g/mol. The monoisotopic (exact) mass is 727 g/mol. The Balaban J connectivity index is 1.34. The maximum absolute atomic E-state index is 13.4. The van der Waals surface area contributed by atoms with Gasteiger partial charge in [0.05, 0.1) is 24.0 Å². The molecule has 1 fully saturated rings. The Morgan fingerprint density at radius 1 is 0.941 bits per heavy atom. The van der Waals surface area contributed by atoms with Crippen LogP contribution in [0.1, 0.15) is 65.5 Å². The zero-order chi connectivity index (χ0) is 36.0. The lowest BCUT2D eigenvalue weighted by molar-refractivity contribution is 0.0697. The number of aromatic nitrogens is 1. The van der Waals surface area contributed by atoms with Gasteiger partial charge in [-0.25, -0.2) is 17.9 Å². The number of rotatable bonds is 16. The van der Waals surface area contributed by atoms with Crippen LogP contribution in [-0.2, 0) is 22.9 Å². The average Bonchev–Trinajstić information content (AvgIpc) is 3.72. The van der Waals surface area contributed by atoms with Crippen molar-refractivity contribution in [3.8, 4) is 5.75 Å². The fourth-order valence-corrected chi connectivity index (χ4v) is 8.70. The lowest BCUT2D eigenvalue weighted by Gasteiger charge is -2.27. The lowest BCUT2D eigenvalue weighted by atomic mass is 9.97. The van der Waals surface area contributed by atoms with Crippen LogP contribution in [0.5, 0.6) is 5.75 Å². The molecule has 268 valence electrons. The molecule has 6 rings (SSSR count). The van der Waals surface area contributed by atoms with Crippen LogP contribution in [0.15, 0.2) is 103 Å². The van der Waals surface area contributed by atoms with E-state index in [1.165, 1.54) is 12.1 Å². The van der Waals surface area contributed by atoms with Gasteiger partial charge in [0.15, 0.2) is 0 Å². The summed E-state index contributed by atoms with van der Waals surface area (Å²) in [7, 11) is -3.53. The summed E-state index contributed by atoms with van der Waals surface area (Å²) in [4.78, 5) is 13.7. The Labute approximate surface area is 306 Å². The summed E-state index contributed by atoms with van der Waals surface area (Å²) >= 11 is 6.63. The van der Waals surface area contributed by atoms with Gasteiger partial charge in [0.25, 0.3) is 0 Å². The highest BCUT2D eigenvalue weighted by atomic mass is 35.5. The average molecular weight is 728 g/mol. The molecule has 0 amide bonds. The van der Waals surface area contributed by atoms with Gasteiger partial charge in [0, 0.05) is 53.6 Å². The lowest BCUT2D eigenvalue weighted by Crippen LogP contribution is -2.39. The van der Waals surface area contributed by atoms with E-state index in [4.69, 9.17) is 16.3 Å². The Kier molecular flexibility index (Phi) is 11.8. The van der Waals surface area contributed by atoms with Gasteiger partial charge in [0.1, 0.15) is 5.75 Å². The van der Waals surface area contributed by atoms with Crippen LogP contribution in [0.2, 0.25) is 5.02 Å². The Hall–Kier alpha value is -4.15. The van der Waals surface area contributed by atoms with Crippen LogP contribution in [0.25, 0.3) is 10.9 Å². The second kappa shape index (κ2) is 16.5. The summed E-state index contributed by atoms with van der Waals surface area (Å²) in [6.07, 6.45) is 3.19. The quantitative estimate of drug-likeness (QED) is 0.108. The first kappa shape index (κ1) is 36.6. The highest BCUT2D eigenvalue weighted by Gasteiger charge is 2.29. The van der Waals surface area contributed by atoms with Crippen LogP contribution in [-0.4, -0.2) is 67.0 Å². The molecule has 0 aliphatic carbocycles. The molecule has 4 aromatic carbocycles. The van der Waals surface area contributed by atoms with Crippen molar-refractivity contribution in [2.45, 2.75) is 51.6 Å². The molecule has 0 bridgehead atoms. The number of sulfonamides is 1. The van der Waals surface area contributed by atoms with Crippen LogP contribution in [0.4, 0.5) is 0 Å². The van der Waals surface area contributed by atoms with Crippen molar-refractivity contribution in [3.63, 3.8) is 0 Å². The number of hydrogen-bond donors (Lipinski definition) is 2. The smallest absolute Gasteiger partial charge is 0.335 e. The SMILES string of the molecule is CC(C)C1CCCN1CCS(=O)(=O)NCCc1c(CCOc2ccc(C(=O)O)cc2)c2cc(Cl)ccc2n1C(c1ccccc1)c1ccccc1. The van der Waals surface area contributed by atoms with E-state index in [1.807, 2.05) is 54.6 Å². The van der Waals surface area contributed by atoms with Crippen molar-refractivity contribution in [1.82, 2.24) is 14.2 Å². The van der Waals surface area contributed by atoms with Crippen molar-refractivity contribution < 1.29 is 23.1 Å². The summed E-state index contributed by atoms with van der Waals surface area (Å²) in [5.74, 6) is 0.133. The first-order chi connectivity index (χ1) is 24.6. The first-order valence-corrected chi connectivity index (χ1v) is 19.7. The highest BCUT2D eigenvalue weighted by molar-refractivity contribution is 7.89. The van der Waals surface area contributed by atoms with E-state index in [0.717, 1.165) is 52.7 Å².